The lowest BCUT2D eigenvalue weighted by Crippen LogP contribution is -2.18. The van der Waals surface area contributed by atoms with Crippen molar-refractivity contribution in [3.63, 3.8) is 0 Å². The average Bonchev–Trinajstić information content (AvgIpc) is 2.85. The van der Waals surface area contributed by atoms with Crippen LogP contribution in [0.5, 0.6) is 0 Å². The molecule has 2 aromatic rings. The molecule has 2 fully saturated rings. The third-order valence-electron chi connectivity index (χ3n) is 8.71. The molecule has 0 nitrogen and oxygen atoms in total. The van der Waals surface area contributed by atoms with E-state index in [4.69, 9.17) is 11.6 Å². The van der Waals surface area contributed by atoms with E-state index in [0.717, 1.165) is 28.9 Å². The molecule has 186 valence electrons. The summed E-state index contributed by atoms with van der Waals surface area (Å²) in [6, 6.07) is 10.7. The first-order valence-electron chi connectivity index (χ1n) is 13.7. The Morgan fingerprint density at radius 1 is 0.706 bits per heavy atom. The van der Waals surface area contributed by atoms with E-state index in [-0.39, 0.29) is 10.8 Å². The standard InChI is InChI=1S/C31H41ClF2/c1-2-3-22-4-6-23(7-5-22)8-9-24-10-14-26(15-11-24)28-18-17-27(30(33)21-28)16-12-25-13-19-29(32)31(34)20-25/h13,17-24,26H,2-12,14-16H2,1H3. The highest BCUT2D eigenvalue weighted by atomic mass is 35.5. The number of aryl methyl sites for hydroxylation is 2. The average molecular weight is 487 g/mol. The fourth-order valence-corrected chi connectivity index (χ4v) is 6.58. The van der Waals surface area contributed by atoms with Crippen molar-refractivity contribution in [3.05, 3.63) is 69.7 Å². The Morgan fingerprint density at radius 3 is 1.91 bits per heavy atom. The second-order valence-electron chi connectivity index (χ2n) is 11.1. The molecule has 0 radical (unpaired) electrons. The van der Waals surface area contributed by atoms with Gasteiger partial charge in [-0.1, -0.05) is 88.1 Å². The summed E-state index contributed by atoms with van der Waals surface area (Å²) in [6.45, 7) is 2.32. The Balaban J connectivity index is 1.20. The van der Waals surface area contributed by atoms with E-state index in [9.17, 15) is 8.78 Å². The quantitative estimate of drug-likeness (QED) is 0.330. The summed E-state index contributed by atoms with van der Waals surface area (Å²) in [7, 11) is 0. The molecule has 0 aliphatic heterocycles. The predicted molar refractivity (Wildman–Crippen MR) is 140 cm³/mol. The molecule has 2 aromatic carbocycles. The highest BCUT2D eigenvalue weighted by Gasteiger charge is 2.25. The van der Waals surface area contributed by atoms with Gasteiger partial charge >= 0.3 is 0 Å². The Bertz CT molecular complexity index is 908. The maximum absolute atomic E-state index is 14.8. The van der Waals surface area contributed by atoms with Crippen molar-refractivity contribution in [2.24, 2.45) is 17.8 Å². The van der Waals surface area contributed by atoms with Crippen molar-refractivity contribution in [3.8, 4) is 0 Å². The van der Waals surface area contributed by atoms with Gasteiger partial charge in [0, 0.05) is 0 Å². The van der Waals surface area contributed by atoms with Crippen molar-refractivity contribution < 1.29 is 8.78 Å². The van der Waals surface area contributed by atoms with E-state index in [1.807, 2.05) is 12.1 Å². The summed E-state index contributed by atoms with van der Waals surface area (Å²) in [4.78, 5) is 0. The Morgan fingerprint density at radius 2 is 1.32 bits per heavy atom. The largest absolute Gasteiger partial charge is 0.207 e. The molecule has 2 saturated carbocycles. The lowest BCUT2D eigenvalue weighted by atomic mass is 9.74. The van der Waals surface area contributed by atoms with E-state index in [1.165, 1.54) is 83.1 Å². The van der Waals surface area contributed by atoms with E-state index in [0.29, 0.717) is 24.3 Å². The molecule has 0 amide bonds. The van der Waals surface area contributed by atoms with Crippen molar-refractivity contribution in [1.29, 1.82) is 0 Å². The number of hydrogen-bond acceptors (Lipinski definition) is 0. The van der Waals surface area contributed by atoms with Crippen molar-refractivity contribution in [1.82, 2.24) is 0 Å². The molecule has 0 unspecified atom stereocenters. The highest BCUT2D eigenvalue weighted by molar-refractivity contribution is 6.30. The lowest BCUT2D eigenvalue weighted by molar-refractivity contribution is 0.224. The Labute approximate surface area is 210 Å². The number of halogens is 3. The van der Waals surface area contributed by atoms with Crippen LogP contribution in [0, 0.1) is 29.4 Å². The Kier molecular flexibility index (Phi) is 9.46. The zero-order chi connectivity index (χ0) is 23.9. The van der Waals surface area contributed by atoms with Crippen LogP contribution < -0.4 is 0 Å². The van der Waals surface area contributed by atoms with Crippen molar-refractivity contribution in [2.75, 3.05) is 0 Å². The normalized spacial score (nSPS) is 25.4. The van der Waals surface area contributed by atoms with E-state index in [2.05, 4.69) is 13.0 Å². The van der Waals surface area contributed by atoms with Gasteiger partial charge in [-0.05, 0) is 97.1 Å². The van der Waals surface area contributed by atoms with Gasteiger partial charge in [0.15, 0.2) is 0 Å². The molecule has 3 heteroatoms. The molecule has 34 heavy (non-hydrogen) atoms. The van der Waals surface area contributed by atoms with Gasteiger partial charge in [-0.2, -0.15) is 0 Å². The van der Waals surface area contributed by atoms with Crippen LogP contribution in [0.1, 0.15) is 107 Å². The molecular weight excluding hydrogens is 446 g/mol. The molecule has 0 aromatic heterocycles. The monoisotopic (exact) mass is 486 g/mol. The van der Waals surface area contributed by atoms with E-state index < -0.39 is 5.82 Å². The van der Waals surface area contributed by atoms with Gasteiger partial charge in [-0.3, -0.25) is 0 Å². The first-order chi connectivity index (χ1) is 16.5. The van der Waals surface area contributed by atoms with Gasteiger partial charge in [0.25, 0.3) is 0 Å². The van der Waals surface area contributed by atoms with Crippen LogP contribution in [0.25, 0.3) is 0 Å². The number of rotatable bonds is 9. The second kappa shape index (κ2) is 12.5. The molecule has 0 atom stereocenters. The molecule has 4 rings (SSSR count). The van der Waals surface area contributed by atoms with Gasteiger partial charge < -0.3 is 0 Å². The maximum atomic E-state index is 14.8. The molecule has 2 aliphatic carbocycles. The lowest BCUT2D eigenvalue weighted by Gasteiger charge is -2.32. The van der Waals surface area contributed by atoms with Gasteiger partial charge in [0.1, 0.15) is 11.6 Å². The summed E-state index contributed by atoms with van der Waals surface area (Å²) in [5, 5.41) is 0.128. The van der Waals surface area contributed by atoms with Gasteiger partial charge in [0.2, 0.25) is 0 Å². The first kappa shape index (κ1) is 25.7. The molecule has 0 N–H and O–H groups in total. The zero-order valence-electron chi connectivity index (χ0n) is 20.8. The highest BCUT2D eigenvalue weighted by Crippen LogP contribution is 2.40. The topological polar surface area (TPSA) is 0 Å². The molecule has 0 spiro atoms. The fourth-order valence-electron chi connectivity index (χ4n) is 6.47. The zero-order valence-corrected chi connectivity index (χ0v) is 21.6. The fraction of sp³-hybridized carbons (Fsp3) is 0.613. The molecular formula is C31H41ClF2. The molecule has 2 aliphatic rings. The van der Waals surface area contributed by atoms with Crippen LogP contribution in [0.15, 0.2) is 36.4 Å². The SMILES string of the molecule is CCCC1CCC(CCC2CCC(c3ccc(CCc4ccc(Cl)c(F)c4)c(F)c3)CC2)CC1. The molecule has 0 bridgehead atoms. The summed E-state index contributed by atoms with van der Waals surface area (Å²) in [6.07, 6.45) is 17.6. The van der Waals surface area contributed by atoms with Crippen LogP contribution >= 0.6 is 11.6 Å². The number of benzene rings is 2. The van der Waals surface area contributed by atoms with E-state index >= 15 is 0 Å². The minimum atomic E-state index is -0.412. The first-order valence-corrected chi connectivity index (χ1v) is 14.1. The third kappa shape index (κ3) is 7.06. The van der Waals surface area contributed by atoms with Gasteiger partial charge in [0.05, 0.1) is 5.02 Å². The van der Waals surface area contributed by atoms with Crippen LogP contribution in [0.4, 0.5) is 8.78 Å². The summed E-state index contributed by atoms with van der Waals surface area (Å²) in [5.41, 5.74) is 2.71. The second-order valence-corrected chi connectivity index (χ2v) is 11.5. The van der Waals surface area contributed by atoms with Gasteiger partial charge in [-0.25, -0.2) is 8.78 Å². The van der Waals surface area contributed by atoms with Crippen LogP contribution in [0.3, 0.4) is 0 Å². The number of hydrogen-bond donors (Lipinski definition) is 0. The van der Waals surface area contributed by atoms with E-state index in [1.54, 1.807) is 12.1 Å². The molecule has 0 heterocycles. The maximum Gasteiger partial charge on any atom is 0.142 e. The Hall–Kier alpha value is -1.41. The summed E-state index contributed by atoms with van der Waals surface area (Å²) in [5.74, 6) is 2.81. The minimum Gasteiger partial charge on any atom is -0.207 e. The summed E-state index contributed by atoms with van der Waals surface area (Å²) < 4.78 is 28.5. The molecule has 0 saturated heterocycles. The third-order valence-corrected chi connectivity index (χ3v) is 9.02. The van der Waals surface area contributed by atoms with Crippen LogP contribution in [0.2, 0.25) is 5.02 Å². The predicted octanol–water partition coefficient (Wildman–Crippen LogP) is 10.1. The minimum absolute atomic E-state index is 0.118. The smallest absolute Gasteiger partial charge is 0.142 e. The van der Waals surface area contributed by atoms with Gasteiger partial charge in [-0.15, -0.1) is 0 Å². The van der Waals surface area contributed by atoms with Crippen LogP contribution in [-0.2, 0) is 12.8 Å². The van der Waals surface area contributed by atoms with Crippen LogP contribution in [-0.4, -0.2) is 0 Å². The van der Waals surface area contributed by atoms with Crippen molar-refractivity contribution >= 4 is 11.6 Å². The summed E-state index contributed by atoms with van der Waals surface area (Å²) >= 11 is 5.76. The van der Waals surface area contributed by atoms with Crippen molar-refractivity contribution in [2.45, 2.75) is 103 Å².